The van der Waals surface area contributed by atoms with Gasteiger partial charge in [-0.25, -0.2) is 0 Å². The lowest BCUT2D eigenvalue weighted by molar-refractivity contribution is 0.525. The van der Waals surface area contributed by atoms with E-state index in [9.17, 15) is 0 Å². The Morgan fingerprint density at radius 2 is 2.15 bits per heavy atom. The number of hydrogen-bond acceptors (Lipinski definition) is 4. The molecule has 0 aliphatic rings. The molecule has 1 unspecified atom stereocenters. The molecule has 0 spiro atoms. The van der Waals surface area contributed by atoms with Crippen LogP contribution in [0.5, 0.6) is 0 Å². The summed E-state index contributed by atoms with van der Waals surface area (Å²) in [5.41, 5.74) is 2.29. The van der Waals surface area contributed by atoms with E-state index in [2.05, 4.69) is 65.7 Å². The number of anilines is 1. The molecule has 0 bridgehead atoms. The van der Waals surface area contributed by atoms with Crippen LogP contribution in [-0.4, -0.2) is 18.6 Å². The van der Waals surface area contributed by atoms with Crippen LogP contribution >= 0.6 is 11.3 Å². The molecule has 108 valence electrons. The minimum absolute atomic E-state index is 0.358. The molecule has 0 radical (unpaired) electrons. The van der Waals surface area contributed by atoms with Gasteiger partial charge in [-0.3, -0.25) is 4.98 Å². The summed E-state index contributed by atoms with van der Waals surface area (Å²) in [5, 5.41) is 5.58. The predicted molar refractivity (Wildman–Crippen MR) is 87.4 cm³/mol. The third-order valence-corrected chi connectivity index (χ3v) is 4.26. The van der Waals surface area contributed by atoms with Gasteiger partial charge in [0.05, 0.1) is 24.1 Å². The van der Waals surface area contributed by atoms with E-state index in [0.717, 1.165) is 30.9 Å². The molecular weight excluding hydrogens is 266 g/mol. The molecule has 2 aromatic rings. The van der Waals surface area contributed by atoms with Crippen LogP contribution in [0.1, 0.15) is 36.9 Å². The molecule has 20 heavy (non-hydrogen) atoms. The topological polar surface area (TPSA) is 28.2 Å². The van der Waals surface area contributed by atoms with Crippen molar-refractivity contribution in [2.75, 3.05) is 18.5 Å². The predicted octanol–water partition coefficient (Wildman–Crippen LogP) is 3.84. The fourth-order valence-corrected chi connectivity index (χ4v) is 3.02. The molecule has 0 aliphatic carbocycles. The largest absolute Gasteiger partial charge is 0.368 e. The first kappa shape index (κ1) is 15.0. The molecule has 2 aromatic heterocycles. The van der Waals surface area contributed by atoms with E-state index in [1.165, 1.54) is 4.88 Å². The Bertz CT molecular complexity index is 493. The Morgan fingerprint density at radius 1 is 1.30 bits per heavy atom. The van der Waals surface area contributed by atoms with Crippen LogP contribution in [-0.2, 0) is 6.54 Å². The van der Waals surface area contributed by atoms with Crippen molar-refractivity contribution in [3.63, 3.8) is 0 Å². The van der Waals surface area contributed by atoms with Crippen molar-refractivity contribution in [2.24, 2.45) is 0 Å². The summed E-state index contributed by atoms with van der Waals surface area (Å²) in [6, 6.07) is 8.92. The van der Waals surface area contributed by atoms with E-state index < -0.39 is 0 Å². The first-order chi connectivity index (χ1) is 9.74. The van der Waals surface area contributed by atoms with Crippen LogP contribution < -0.4 is 10.2 Å². The van der Waals surface area contributed by atoms with Crippen molar-refractivity contribution in [1.29, 1.82) is 0 Å². The summed E-state index contributed by atoms with van der Waals surface area (Å²) in [4.78, 5) is 8.22. The van der Waals surface area contributed by atoms with Crippen LogP contribution in [0, 0.1) is 0 Å². The van der Waals surface area contributed by atoms with Gasteiger partial charge in [0.1, 0.15) is 0 Å². The first-order valence-electron chi connectivity index (χ1n) is 7.17. The average Bonchev–Trinajstić information content (AvgIpc) is 2.98. The summed E-state index contributed by atoms with van der Waals surface area (Å²) in [6.45, 7) is 6.22. The highest BCUT2D eigenvalue weighted by atomic mass is 32.1. The van der Waals surface area contributed by atoms with Crippen molar-refractivity contribution in [3.05, 3.63) is 46.4 Å². The first-order valence-corrected chi connectivity index (χ1v) is 8.05. The van der Waals surface area contributed by atoms with E-state index in [1.54, 1.807) is 11.3 Å². The van der Waals surface area contributed by atoms with Crippen molar-refractivity contribution in [2.45, 2.75) is 32.9 Å². The van der Waals surface area contributed by atoms with E-state index >= 15 is 0 Å². The molecule has 1 N–H and O–H groups in total. The van der Waals surface area contributed by atoms with Crippen molar-refractivity contribution in [3.8, 4) is 0 Å². The Kier molecular flexibility index (Phi) is 5.56. The Hall–Kier alpha value is -1.39. The van der Waals surface area contributed by atoms with Crippen LogP contribution in [0.2, 0.25) is 0 Å². The van der Waals surface area contributed by atoms with Crippen LogP contribution in [0.4, 0.5) is 5.69 Å². The molecule has 0 amide bonds. The van der Waals surface area contributed by atoms with Crippen LogP contribution in [0.15, 0.2) is 35.8 Å². The molecule has 0 saturated carbocycles. The SMILES string of the molecule is CCNC(CC)c1ccc(N(C)Cc2cccs2)cn1. The molecule has 0 aromatic carbocycles. The molecule has 1 atom stereocenters. The summed E-state index contributed by atoms with van der Waals surface area (Å²) in [6.07, 6.45) is 3.04. The molecule has 0 aliphatic heterocycles. The summed E-state index contributed by atoms with van der Waals surface area (Å²) in [5.74, 6) is 0. The monoisotopic (exact) mass is 289 g/mol. The number of thiophene rings is 1. The zero-order valence-corrected chi connectivity index (χ0v) is 13.3. The minimum atomic E-state index is 0.358. The van der Waals surface area contributed by atoms with Crippen molar-refractivity contribution < 1.29 is 0 Å². The van der Waals surface area contributed by atoms with Gasteiger partial charge in [-0.2, -0.15) is 0 Å². The number of nitrogens with zero attached hydrogens (tertiary/aromatic N) is 2. The molecule has 0 fully saturated rings. The molecular formula is C16H23N3S. The highest BCUT2D eigenvalue weighted by Crippen LogP contribution is 2.20. The molecule has 2 heterocycles. The van der Waals surface area contributed by atoms with Crippen molar-refractivity contribution >= 4 is 17.0 Å². The van der Waals surface area contributed by atoms with E-state index in [1.807, 2.05) is 6.20 Å². The average molecular weight is 289 g/mol. The highest BCUT2D eigenvalue weighted by Gasteiger charge is 2.10. The fraction of sp³-hybridized carbons (Fsp3) is 0.438. The normalized spacial score (nSPS) is 12.3. The van der Waals surface area contributed by atoms with Crippen LogP contribution in [0.25, 0.3) is 0 Å². The molecule has 0 saturated heterocycles. The Balaban J connectivity index is 2.03. The summed E-state index contributed by atoms with van der Waals surface area (Å²) in [7, 11) is 2.11. The van der Waals surface area contributed by atoms with Gasteiger partial charge in [0.15, 0.2) is 0 Å². The van der Waals surface area contributed by atoms with E-state index in [-0.39, 0.29) is 0 Å². The van der Waals surface area contributed by atoms with Gasteiger partial charge < -0.3 is 10.2 Å². The molecule has 2 rings (SSSR count). The second-order valence-corrected chi connectivity index (χ2v) is 5.93. The van der Waals surface area contributed by atoms with E-state index in [0.29, 0.717) is 6.04 Å². The second kappa shape index (κ2) is 7.41. The van der Waals surface area contributed by atoms with Gasteiger partial charge in [-0.05, 0) is 36.5 Å². The minimum Gasteiger partial charge on any atom is -0.368 e. The van der Waals surface area contributed by atoms with E-state index in [4.69, 9.17) is 0 Å². The van der Waals surface area contributed by atoms with Gasteiger partial charge in [0, 0.05) is 18.0 Å². The number of pyridine rings is 1. The summed E-state index contributed by atoms with van der Waals surface area (Å²) < 4.78 is 0. The number of hydrogen-bond donors (Lipinski definition) is 1. The number of aromatic nitrogens is 1. The zero-order chi connectivity index (χ0) is 14.4. The van der Waals surface area contributed by atoms with Gasteiger partial charge in [-0.15, -0.1) is 11.3 Å². The van der Waals surface area contributed by atoms with Gasteiger partial charge in [-0.1, -0.05) is 19.9 Å². The molecule has 3 nitrogen and oxygen atoms in total. The van der Waals surface area contributed by atoms with Gasteiger partial charge in [0.25, 0.3) is 0 Å². The third kappa shape index (κ3) is 3.81. The maximum atomic E-state index is 4.62. The van der Waals surface area contributed by atoms with Gasteiger partial charge >= 0.3 is 0 Å². The lowest BCUT2D eigenvalue weighted by atomic mass is 10.1. The van der Waals surface area contributed by atoms with Gasteiger partial charge in [0.2, 0.25) is 0 Å². The number of rotatable bonds is 7. The molecule has 4 heteroatoms. The fourth-order valence-electron chi connectivity index (χ4n) is 2.26. The Morgan fingerprint density at radius 3 is 2.70 bits per heavy atom. The zero-order valence-electron chi connectivity index (χ0n) is 12.5. The quantitative estimate of drug-likeness (QED) is 0.839. The smallest absolute Gasteiger partial charge is 0.0574 e. The van der Waals surface area contributed by atoms with Crippen molar-refractivity contribution in [1.82, 2.24) is 10.3 Å². The summed E-state index contributed by atoms with van der Waals surface area (Å²) >= 11 is 1.79. The standard InChI is InChI=1S/C16H23N3S/c1-4-15(17-5-2)16-9-8-13(11-18-16)19(3)12-14-7-6-10-20-14/h6-11,15,17H,4-5,12H2,1-3H3. The maximum absolute atomic E-state index is 4.62. The third-order valence-electron chi connectivity index (χ3n) is 3.40. The van der Waals surface area contributed by atoms with Crippen LogP contribution in [0.3, 0.4) is 0 Å². The lowest BCUT2D eigenvalue weighted by Gasteiger charge is -2.20. The Labute approximate surface area is 125 Å². The maximum Gasteiger partial charge on any atom is 0.0574 e. The lowest BCUT2D eigenvalue weighted by Crippen LogP contribution is -2.21. The second-order valence-electron chi connectivity index (χ2n) is 4.90. The highest BCUT2D eigenvalue weighted by molar-refractivity contribution is 7.09. The number of nitrogens with one attached hydrogen (secondary N) is 1.